The van der Waals surface area contributed by atoms with E-state index in [-0.39, 0.29) is 50.1 Å². The molecule has 2 aliphatic heterocycles. The zero-order chi connectivity index (χ0) is 33.5. The minimum atomic E-state index is -5.04. The first kappa shape index (κ1) is 34.7. The molecule has 2 aliphatic rings. The van der Waals surface area contributed by atoms with E-state index in [1.165, 1.54) is 29.6 Å². The lowest BCUT2D eigenvalue weighted by atomic mass is 9.77. The number of piperidine rings is 2. The molecule has 2 amide bonds. The summed E-state index contributed by atoms with van der Waals surface area (Å²) in [5.74, 6) is -3.12. The number of carbonyl (C=O) groups excluding carboxylic acids is 2. The van der Waals surface area contributed by atoms with Crippen LogP contribution in [0, 0.1) is 24.6 Å². The van der Waals surface area contributed by atoms with Gasteiger partial charge in [0.25, 0.3) is 0 Å². The second-order valence-corrected chi connectivity index (χ2v) is 13.8. The van der Waals surface area contributed by atoms with Gasteiger partial charge in [-0.05, 0) is 73.2 Å². The summed E-state index contributed by atoms with van der Waals surface area (Å²) in [6.07, 6.45) is -8.18. The summed E-state index contributed by atoms with van der Waals surface area (Å²) in [6.45, 7) is 1.74. The van der Waals surface area contributed by atoms with Gasteiger partial charge in [0.2, 0.25) is 21.8 Å². The number of halogens is 7. The van der Waals surface area contributed by atoms with E-state index in [4.69, 9.17) is 0 Å². The molecule has 45 heavy (non-hydrogen) atoms. The summed E-state index contributed by atoms with van der Waals surface area (Å²) in [4.78, 5) is 30.0. The Hall–Kier alpha value is -3.20. The molecule has 2 heterocycles. The van der Waals surface area contributed by atoms with Gasteiger partial charge in [-0.15, -0.1) is 0 Å². The molecule has 0 aromatic heterocycles. The maximum Gasteiger partial charge on any atom is 0.416 e. The van der Waals surface area contributed by atoms with Crippen LogP contribution in [0.4, 0.5) is 30.7 Å². The number of rotatable bonds is 6. The van der Waals surface area contributed by atoms with Gasteiger partial charge in [0, 0.05) is 57.5 Å². The van der Waals surface area contributed by atoms with Crippen molar-refractivity contribution in [3.8, 4) is 0 Å². The number of alkyl halides is 6. The fourth-order valence-corrected chi connectivity index (χ4v) is 7.13. The van der Waals surface area contributed by atoms with Crippen molar-refractivity contribution in [3.63, 3.8) is 0 Å². The maximum absolute atomic E-state index is 14.0. The van der Waals surface area contributed by atoms with Gasteiger partial charge < -0.3 is 9.80 Å². The molecule has 2 saturated heterocycles. The van der Waals surface area contributed by atoms with Crippen molar-refractivity contribution in [1.29, 1.82) is 0 Å². The van der Waals surface area contributed by atoms with E-state index in [0.717, 1.165) is 11.2 Å². The molecule has 2 fully saturated rings. The Labute approximate surface area is 257 Å². The number of amides is 2. The highest BCUT2D eigenvalue weighted by Gasteiger charge is 2.41. The van der Waals surface area contributed by atoms with Gasteiger partial charge in [-0.2, -0.15) is 26.3 Å². The summed E-state index contributed by atoms with van der Waals surface area (Å²) in [5.41, 5.74) is -2.21. The predicted molar refractivity (Wildman–Crippen MR) is 151 cm³/mol. The first-order valence-electron chi connectivity index (χ1n) is 14.3. The number of nitrogens with zero attached hydrogens (tertiary/aromatic N) is 3. The monoisotopic (exact) mass is 665 g/mol. The SMILES string of the molecule is Cc1cc(F)ccc1C1CN(C(=O)C2CCN(S(C)(=O)=O)CC2)CCC1C(=O)N(C)Cc1cc(C(F)(F)F)cc(C(F)(F)F)c1. The molecule has 15 heteroatoms. The molecule has 0 saturated carbocycles. The van der Waals surface area contributed by atoms with Gasteiger partial charge in [0.1, 0.15) is 5.82 Å². The van der Waals surface area contributed by atoms with Crippen LogP contribution in [-0.4, -0.2) is 73.8 Å². The first-order chi connectivity index (χ1) is 20.8. The van der Waals surface area contributed by atoms with E-state index in [1.807, 2.05) is 0 Å². The largest absolute Gasteiger partial charge is 0.416 e. The van der Waals surface area contributed by atoms with Crippen molar-refractivity contribution in [2.24, 2.45) is 11.8 Å². The normalized spacial score (nSPS) is 20.7. The van der Waals surface area contributed by atoms with Crippen LogP contribution in [0.1, 0.15) is 53.0 Å². The molecule has 0 aliphatic carbocycles. The minimum Gasteiger partial charge on any atom is -0.342 e. The molecule has 4 rings (SSSR count). The quantitative estimate of drug-likeness (QED) is 0.386. The number of carbonyl (C=O) groups is 2. The molecule has 2 aromatic rings. The Morgan fingerprint density at radius 2 is 1.49 bits per heavy atom. The van der Waals surface area contributed by atoms with E-state index in [1.54, 1.807) is 11.8 Å². The van der Waals surface area contributed by atoms with E-state index >= 15 is 0 Å². The lowest BCUT2D eigenvalue weighted by molar-refractivity contribution is -0.144. The lowest BCUT2D eigenvalue weighted by Crippen LogP contribution is -2.50. The highest BCUT2D eigenvalue weighted by Crippen LogP contribution is 2.39. The van der Waals surface area contributed by atoms with Crippen molar-refractivity contribution < 1.29 is 48.7 Å². The smallest absolute Gasteiger partial charge is 0.342 e. The number of hydrogen-bond acceptors (Lipinski definition) is 4. The maximum atomic E-state index is 14.0. The number of sulfonamides is 1. The Morgan fingerprint density at radius 1 is 0.911 bits per heavy atom. The Balaban J connectivity index is 1.57. The fraction of sp³-hybridized carbons (Fsp3) is 0.533. The highest BCUT2D eigenvalue weighted by molar-refractivity contribution is 7.88. The Morgan fingerprint density at radius 3 is 2.00 bits per heavy atom. The Kier molecular flexibility index (Phi) is 9.93. The molecule has 0 bridgehead atoms. The van der Waals surface area contributed by atoms with Crippen molar-refractivity contribution in [1.82, 2.24) is 14.1 Å². The molecular weight excluding hydrogens is 631 g/mol. The molecular formula is C30H34F7N3O4S. The van der Waals surface area contributed by atoms with E-state index in [0.29, 0.717) is 36.1 Å². The van der Waals surface area contributed by atoms with Gasteiger partial charge in [-0.1, -0.05) is 6.07 Å². The van der Waals surface area contributed by atoms with Crippen molar-refractivity contribution in [2.45, 2.75) is 51.0 Å². The van der Waals surface area contributed by atoms with Crippen LogP contribution in [0.15, 0.2) is 36.4 Å². The van der Waals surface area contributed by atoms with Crippen LogP contribution in [0.5, 0.6) is 0 Å². The molecule has 0 spiro atoms. The minimum absolute atomic E-state index is 0.0242. The van der Waals surface area contributed by atoms with E-state index < -0.39 is 69.5 Å². The standard InChI is InChI=1S/C30H34F7N3O4S/c1-18-12-23(31)4-5-24(18)26-17-39(27(41)20-6-10-40(11-7-20)45(3,43)44)9-8-25(26)28(42)38(2)16-19-13-21(29(32,33)34)15-22(14-19)30(35,36)37/h4-5,12-15,20,25-26H,6-11,16-17H2,1-3H3. The number of benzene rings is 2. The van der Waals surface area contributed by atoms with E-state index in [2.05, 4.69) is 0 Å². The summed E-state index contributed by atoms with van der Waals surface area (Å²) in [7, 11) is -2.11. The second kappa shape index (κ2) is 12.9. The molecule has 2 aromatic carbocycles. The summed E-state index contributed by atoms with van der Waals surface area (Å²) < 4.78 is 119. The van der Waals surface area contributed by atoms with E-state index in [9.17, 15) is 48.7 Å². The van der Waals surface area contributed by atoms with Crippen molar-refractivity contribution in [2.75, 3.05) is 39.5 Å². The summed E-state index contributed by atoms with van der Waals surface area (Å²) in [6, 6.07) is 5.20. The van der Waals surface area contributed by atoms with Gasteiger partial charge in [-0.25, -0.2) is 17.1 Å². The third-order valence-electron chi connectivity index (χ3n) is 8.59. The third-order valence-corrected chi connectivity index (χ3v) is 9.89. The third kappa shape index (κ3) is 8.15. The first-order valence-corrected chi connectivity index (χ1v) is 16.1. The summed E-state index contributed by atoms with van der Waals surface area (Å²) in [5, 5.41) is 0. The highest BCUT2D eigenvalue weighted by atomic mass is 32.2. The fourth-order valence-electron chi connectivity index (χ4n) is 6.26. The lowest BCUT2D eigenvalue weighted by Gasteiger charge is -2.42. The van der Waals surface area contributed by atoms with Crippen LogP contribution < -0.4 is 0 Å². The summed E-state index contributed by atoms with van der Waals surface area (Å²) >= 11 is 0. The number of hydrogen-bond donors (Lipinski definition) is 0. The van der Waals surface area contributed by atoms with Crippen molar-refractivity contribution in [3.05, 3.63) is 70.0 Å². The molecule has 0 N–H and O–H groups in total. The van der Waals surface area contributed by atoms with Gasteiger partial charge >= 0.3 is 12.4 Å². The van der Waals surface area contributed by atoms with Gasteiger partial charge in [0.15, 0.2) is 0 Å². The zero-order valence-corrected chi connectivity index (χ0v) is 25.7. The average Bonchev–Trinajstić information content (AvgIpc) is 2.94. The predicted octanol–water partition coefficient (Wildman–Crippen LogP) is 5.43. The molecule has 248 valence electrons. The number of aryl methyl sites for hydroxylation is 1. The van der Waals surface area contributed by atoms with Gasteiger partial charge in [-0.3, -0.25) is 9.59 Å². The molecule has 2 unspecified atom stereocenters. The van der Waals surface area contributed by atoms with Crippen molar-refractivity contribution >= 4 is 21.8 Å². The van der Waals surface area contributed by atoms with Crippen LogP contribution in [0.3, 0.4) is 0 Å². The van der Waals surface area contributed by atoms with Crippen LogP contribution in [0.25, 0.3) is 0 Å². The van der Waals surface area contributed by atoms with Crippen LogP contribution in [-0.2, 0) is 38.5 Å². The van der Waals surface area contributed by atoms with Crippen LogP contribution in [0.2, 0.25) is 0 Å². The topological polar surface area (TPSA) is 78.0 Å². The average molecular weight is 666 g/mol. The second-order valence-electron chi connectivity index (χ2n) is 11.8. The van der Waals surface area contributed by atoms with Gasteiger partial charge in [0.05, 0.1) is 17.4 Å². The number of likely N-dealkylation sites (tertiary alicyclic amines) is 1. The zero-order valence-electron chi connectivity index (χ0n) is 24.9. The molecule has 0 radical (unpaired) electrons. The van der Waals surface area contributed by atoms with Crippen LogP contribution >= 0.6 is 0 Å². The Bertz CT molecular complexity index is 1500. The molecule has 7 nitrogen and oxygen atoms in total. The molecule has 2 atom stereocenters.